The number of benzene rings is 1. The molecule has 0 unspecified atom stereocenters. The van der Waals surface area contributed by atoms with Gasteiger partial charge in [0, 0.05) is 24.5 Å². The highest BCUT2D eigenvalue weighted by molar-refractivity contribution is 6.06. The van der Waals surface area contributed by atoms with E-state index in [1.54, 1.807) is 43.8 Å². The van der Waals surface area contributed by atoms with Crippen LogP contribution < -0.4 is 9.47 Å². The molecule has 1 aliphatic rings. The Kier molecular flexibility index (Phi) is 6.99. The van der Waals surface area contributed by atoms with E-state index in [9.17, 15) is 4.79 Å². The topological polar surface area (TPSA) is 51.7 Å². The second-order valence-electron chi connectivity index (χ2n) is 6.60. The van der Waals surface area contributed by atoms with Crippen molar-refractivity contribution in [2.45, 2.75) is 19.3 Å². The quantitative estimate of drug-likeness (QED) is 0.525. The van der Waals surface area contributed by atoms with Crippen molar-refractivity contribution in [3.8, 4) is 11.5 Å². The van der Waals surface area contributed by atoms with E-state index in [0.717, 1.165) is 30.9 Å². The molecule has 0 saturated carbocycles. The largest absolute Gasteiger partial charge is 0.493 e. The monoisotopic (exact) mass is 366 g/mol. The van der Waals surface area contributed by atoms with Crippen molar-refractivity contribution in [1.82, 2.24) is 9.88 Å². The Bertz CT molecular complexity index is 768. The van der Waals surface area contributed by atoms with Crippen LogP contribution in [0.5, 0.6) is 11.5 Å². The van der Waals surface area contributed by atoms with E-state index in [-0.39, 0.29) is 5.78 Å². The first kappa shape index (κ1) is 19.1. The van der Waals surface area contributed by atoms with Crippen LogP contribution in [0.4, 0.5) is 0 Å². The Balaban J connectivity index is 1.58. The van der Waals surface area contributed by atoms with Crippen molar-refractivity contribution in [2.24, 2.45) is 0 Å². The summed E-state index contributed by atoms with van der Waals surface area (Å²) in [6.07, 6.45) is 10.4. The number of hydrogen-bond acceptors (Lipinski definition) is 5. The maximum atomic E-state index is 12.1. The lowest BCUT2D eigenvalue weighted by atomic mass is 10.1. The van der Waals surface area contributed by atoms with Gasteiger partial charge in [0.2, 0.25) is 0 Å². The average molecular weight is 366 g/mol. The fourth-order valence-corrected chi connectivity index (χ4v) is 3.15. The van der Waals surface area contributed by atoms with Gasteiger partial charge in [0.05, 0.1) is 7.11 Å². The third-order valence-electron chi connectivity index (χ3n) is 4.67. The van der Waals surface area contributed by atoms with Crippen molar-refractivity contribution in [3.63, 3.8) is 0 Å². The molecule has 0 radical (unpaired) electrons. The van der Waals surface area contributed by atoms with Gasteiger partial charge in [0.25, 0.3) is 0 Å². The SMILES string of the molecule is COc1cc(C=CC(=O)c2cccnc2)ccc1OCCN1CCCCC1. The maximum absolute atomic E-state index is 12.1. The lowest BCUT2D eigenvalue weighted by Crippen LogP contribution is -2.33. The molecule has 0 spiro atoms. The number of rotatable bonds is 8. The molecule has 1 fully saturated rings. The number of hydrogen-bond donors (Lipinski definition) is 0. The van der Waals surface area contributed by atoms with Gasteiger partial charge in [-0.2, -0.15) is 0 Å². The molecule has 3 rings (SSSR count). The van der Waals surface area contributed by atoms with Crippen LogP contribution in [-0.4, -0.2) is 49.0 Å². The van der Waals surface area contributed by atoms with Crippen molar-refractivity contribution in [1.29, 1.82) is 0 Å². The minimum atomic E-state index is -0.0797. The fraction of sp³-hybridized carbons (Fsp3) is 0.364. The smallest absolute Gasteiger partial charge is 0.187 e. The predicted octanol–water partition coefficient (Wildman–Crippen LogP) is 3.85. The molecule has 1 saturated heterocycles. The molecule has 1 aliphatic heterocycles. The molecule has 27 heavy (non-hydrogen) atoms. The molecule has 0 bridgehead atoms. The predicted molar refractivity (Wildman–Crippen MR) is 106 cm³/mol. The van der Waals surface area contributed by atoms with Gasteiger partial charge in [-0.15, -0.1) is 0 Å². The summed E-state index contributed by atoms with van der Waals surface area (Å²) in [5, 5.41) is 0. The Morgan fingerprint density at radius 3 is 2.78 bits per heavy atom. The molecule has 0 N–H and O–H groups in total. The van der Waals surface area contributed by atoms with E-state index < -0.39 is 0 Å². The van der Waals surface area contributed by atoms with Gasteiger partial charge < -0.3 is 9.47 Å². The third kappa shape index (κ3) is 5.66. The van der Waals surface area contributed by atoms with Crippen LogP contribution in [0.15, 0.2) is 48.8 Å². The van der Waals surface area contributed by atoms with Crippen LogP contribution in [0.3, 0.4) is 0 Å². The third-order valence-corrected chi connectivity index (χ3v) is 4.67. The van der Waals surface area contributed by atoms with Gasteiger partial charge in [-0.3, -0.25) is 14.7 Å². The standard InChI is InChI=1S/C22H26N2O3/c1-26-22-16-18(7-9-20(25)19-6-5-11-23-17-19)8-10-21(22)27-15-14-24-12-3-2-4-13-24/h5-11,16-17H,2-4,12-15H2,1H3. The number of methoxy groups -OCH3 is 1. The highest BCUT2D eigenvalue weighted by Crippen LogP contribution is 2.28. The van der Waals surface area contributed by atoms with E-state index in [0.29, 0.717) is 17.9 Å². The van der Waals surface area contributed by atoms with Gasteiger partial charge in [-0.1, -0.05) is 18.6 Å². The summed E-state index contributed by atoms with van der Waals surface area (Å²) >= 11 is 0. The van der Waals surface area contributed by atoms with E-state index in [1.807, 2.05) is 18.2 Å². The van der Waals surface area contributed by atoms with Crippen molar-refractivity contribution >= 4 is 11.9 Å². The van der Waals surface area contributed by atoms with Gasteiger partial charge in [0.1, 0.15) is 6.61 Å². The Morgan fingerprint density at radius 1 is 1.19 bits per heavy atom. The summed E-state index contributed by atoms with van der Waals surface area (Å²) in [7, 11) is 1.63. The lowest BCUT2D eigenvalue weighted by Gasteiger charge is -2.26. The molecule has 1 aromatic carbocycles. The zero-order chi connectivity index (χ0) is 18.9. The first-order chi connectivity index (χ1) is 13.3. The molecule has 5 nitrogen and oxygen atoms in total. The molecular weight excluding hydrogens is 340 g/mol. The normalized spacial score (nSPS) is 15.0. The van der Waals surface area contributed by atoms with Crippen molar-refractivity contribution in [2.75, 3.05) is 33.4 Å². The summed E-state index contributed by atoms with van der Waals surface area (Å²) in [4.78, 5) is 18.6. The molecule has 1 aromatic heterocycles. The number of ether oxygens (including phenoxy) is 2. The molecule has 0 amide bonds. The highest BCUT2D eigenvalue weighted by Gasteiger charge is 2.11. The Hall–Kier alpha value is -2.66. The second-order valence-corrected chi connectivity index (χ2v) is 6.60. The molecule has 2 heterocycles. The number of allylic oxidation sites excluding steroid dienone is 1. The van der Waals surface area contributed by atoms with E-state index in [4.69, 9.17) is 9.47 Å². The maximum Gasteiger partial charge on any atom is 0.187 e. The Labute approximate surface area is 160 Å². The zero-order valence-corrected chi connectivity index (χ0v) is 15.8. The molecule has 2 aromatic rings. The van der Waals surface area contributed by atoms with Gasteiger partial charge >= 0.3 is 0 Å². The average Bonchev–Trinajstić information content (AvgIpc) is 2.74. The number of nitrogens with zero attached hydrogens (tertiary/aromatic N) is 2. The molecule has 0 atom stereocenters. The molecule has 0 aliphatic carbocycles. The van der Waals surface area contributed by atoms with Crippen LogP contribution in [0, 0.1) is 0 Å². The minimum Gasteiger partial charge on any atom is -0.493 e. The summed E-state index contributed by atoms with van der Waals surface area (Å²) < 4.78 is 11.4. The van der Waals surface area contributed by atoms with Crippen LogP contribution in [0.1, 0.15) is 35.2 Å². The van der Waals surface area contributed by atoms with Crippen molar-refractivity contribution in [3.05, 3.63) is 59.9 Å². The summed E-state index contributed by atoms with van der Waals surface area (Å²) in [5.74, 6) is 1.32. The minimum absolute atomic E-state index is 0.0797. The highest BCUT2D eigenvalue weighted by atomic mass is 16.5. The van der Waals surface area contributed by atoms with E-state index in [2.05, 4.69) is 9.88 Å². The van der Waals surface area contributed by atoms with Gasteiger partial charge in [-0.05, 0) is 61.8 Å². The van der Waals surface area contributed by atoms with E-state index >= 15 is 0 Å². The van der Waals surface area contributed by atoms with Crippen LogP contribution in [0.2, 0.25) is 0 Å². The number of ketones is 1. The van der Waals surface area contributed by atoms with Gasteiger partial charge in [-0.25, -0.2) is 0 Å². The molecule has 5 heteroatoms. The molecule has 142 valence electrons. The van der Waals surface area contributed by atoms with Crippen LogP contribution >= 0.6 is 0 Å². The number of carbonyl (C=O) groups excluding carboxylic acids is 1. The number of likely N-dealkylation sites (tertiary alicyclic amines) is 1. The van der Waals surface area contributed by atoms with Crippen LogP contribution in [-0.2, 0) is 0 Å². The number of aromatic nitrogens is 1. The number of piperidine rings is 1. The lowest BCUT2D eigenvalue weighted by molar-refractivity contribution is 0.104. The summed E-state index contributed by atoms with van der Waals surface area (Å²) in [5.41, 5.74) is 1.45. The number of pyridine rings is 1. The number of carbonyl (C=O) groups is 1. The Morgan fingerprint density at radius 2 is 2.04 bits per heavy atom. The van der Waals surface area contributed by atoms with Gasteiger partial charge in [0.15, 0.2) is 17.3 Å². The first-order valence-electron chi connectivity index (χ1n) is 9.42. The molecular formula is C22H26N2O3. The van der Waals surface area contributed by atoms with Crippen LogP contribution in [0.25, 0.3) is 6.08 Å². The zero-order valence-electron chi connectivity index (χ0n) is 15.8. The van der Waals surface area contributed by atoms with Crippen molar-refractivity contribution < 1.29 is 14.3 Å². The van der Waals surface area contributed by atoms with E-state index in [1.165, 1.54) is 19.3 Å². The first-order valence-corrected chi connectivity index (χ1v) is 9.42. The second kappa shape index (κ2) is 9.88. The summed E-state index contributed by atoms with van der Waals surface area (Å²) in [6.45, 7) is 3.90. The summed E-state index contributed by atoms with van der Waals surface area (Å²) in [6, 6.07) is 9.19. The fourth-order valence-electron chi connectivity index (χ4n) is 3.15.